The monoisotopic (exact) mass is 244 g/mol. The van der Waals surface area contributed by atoms with Gasteiger partial charge in [-0.25, -0.2) is 0 Å². The lowest BCUT2D eigenvalue weighted by Gasteiger charge is -2.43. The van der Waals surface area contributed by atoms with Crippen LogP contribution in [0.1, 0.15) is 20.3 Å². The second-order valence-corrected chi connectivity index (χ2v) is 4.66. The summed E-state index contributed by atoms with van der Waals surface area (Å²) in [5.74, 6) is -1.94. The van der Waals surface area contributed by atoms with Crippen molar-refractivity contribution in [2.24, 2.45) is 16.7 Å². The quantitative estimate of drug-likeness (QED) is 0.746. The summed E-state index contributed by atoms with van der Waals surface area (Å²) in [5, 5.41) is 36.0. The minimum atomic E-state index is -1.69. The summed E-state index contributed by atoms with van der Waals surface area (Å²) in [7, 11) is 0. The van der Waals surface area contributed by atoms with Gasteiger partial charge in [0, 0.05) is 6.42 Å². The molecule has 18 heavy (non-hydrogen) atoms. The van der Waals surface area contributed by atoms with E-state index in [0.717, 1.165) is 0 Å². The van der Waals surface area contributed by atoms with Crippen molar-refractivity contribution in [3.8, 4) is 18.2 Å². The second-order valence-electron chi connectivity index (χ2n) is 4.66. The van der Waals surface area contributed by atoms with Crippen LogP contribution in [0.2, 0.25) is 0 Å². The first-order valence-corrected chi connectivity index (χ1v) is 5.64. The van der Waals surface area contributed by atoms with Crippen LogP contribution in [0.5, 0.6) is 0 Å². The summed E-state index contributed by atoms with van der Waals surface area (Å²) >= 11 is 0. The summed E-state index contributed by atoms with van der Waals surface area (Å²) in [4.78, 5) is 0. The summed E-state index contributed by atoms with van der Waals surface area (Å²) in [6.07, 6.45) is 0.451. The van der Waals surface area contributed by atoms with Crippen LogP contribution < -0.4 is 0 Å². The molecule has 0 amide bonds. The van der Waals surface area contributed by atoms with Gasteiger partial charge in [-0.15, -0.1) is 0 Å². The Kier molecular flexibility index (Phi) is 2.37. The Morgan fingerprint density at radius 2 is 1.94 bits per heavy atom. The highest BCUT2D eigenvalue weighted by Crippen LogP contribution is 2.60. The van der Waals surface area contributed by atoms with Crippen molar-refractivity contribution < 1.29 is 9.47 Å². The van der Waals surface area contributed by atoms with Crippen molar-refractivity contribution >= 4 is 5.90 Å². The molecule has 0 aliphatic carbocycles. The number of nitrogens with one attached hydrogen (secondary N) is 1. The van der Waals surface area contributed by atoms with E-state index in [1.807, 2.05) is 25.1 Å². The average Bonchev–Trinajstić information content (AvgIpc) is 2.55. The molecule has 0 radical (unpaired) electrons. The summed E-state index contributed by atoms with van der Waals surface area (Å²) < 4.78 is 11.0. The highest BCUT2D eigenvalue weighted by atomic mass is 16.7. The van der Waals surface area contributed by atoms with Gasteiger partial charge in [-0.05, 0) is 0 Å². The standard InChI is InChI=1S/C12H12N4O2/c1-3-12-8(2)11(6-15,9(16)18-12)10(4-13,5-14)7-17-12/h8,16H,3,7H2,1-2H3/t8-,11+,12-/m1/s1. The first-order valence-electron chi connectivity index (χ1n) is 5.64. The van der Waals surface area contributed by atoms with Crippen molar-refractivity contribution in [2.45, 2.75) is 26.1 Å². The Balaban J connectivity index is 2.72. The lowest BCUT2D eigenvalue weighted by atomic mass is 9.57. The zero-order valence-corrected chi connectivity index (χ0v) is 10.1. The fraction of sp³-hybridized carbons (Fsp3) is 0.667. The molecule has 0 aromatic heterocycles. The summed E-state index contributed by atoms with van der Waals surface area (Å²) in [6, 6.07) is 5.70. The SMILES string of the molecule is CC[C@@]12OCC(C#N)(C#N)[C@](C#N)(C(=N)O1)[C@H]2C. The third-order valence-corrected chi connectivity index (χ3v) is 4.20. The maximum atomic E-state index is 9.49. The Hall–Kier alpha value is -2.10. The Labute approximate surface area is 105 Å². The number of nitriles is 3. The average molecular weight is 244 g/mol. The molecule has 2 heterocycles. The van der Waals surface area contributed by atoms with E-state index in [4.69, 9.17) is 14.9 Å². The molecule has 2 rings (SSSR count). The van der Waals surface area contributed by atoms with Gasteiger partial charge in [-0.1, -0.05) is 13.8 Å². The Bertz CT molecular complexity index is 524. The van der Waals surface area contributed by atoms with E-state index in [1.165, 1.54) is 0 Å². The van der Waals surface area contributed by atoms with Gasteiger partial charge in [-0.2, -0.15) is 15.8 Å². The van der Waals surface area contributed by atoms with Crippen LogP contribution in [0.15, 0.2) is 0 Å². The van der Waals surface area contributed by atoms with Crippen LogP contribution >= 0.6 is 0 Å². The van der Waals surface area contributed by atoms with E-state index in [2.05, 4.69) is 0 Å². The number of rotatable bonds is 1. The van der Waals surface area contributed by atoms with Gasteiger partial charge in [0.05, 0.1) is 30.7 Å². The topological polar surface area (TPSA) is 114 Å². The van der Waals surface area contributed by atoms with Crippen LogP contribution in [0.25, 0.3) is 0 Å². The molecule has 2 fully saturated rings. The lowest BCUT2D eigenvalue weighted by Crippen LogP contribution is -2.57. The third-order valence-electron chi connectivity index (χ3n) is 4.20. The smallest absolute Gasteiger partial charge is 0.216 e. The largest absolute Gasteiger partial charge is 0.447 e. The number of hydrogen-bond donors (Lipinski definition) is 1. The first-order chi connectivity index (χ1) is 8.48. The predicted molar refractivity (Wildman–Crippen MR) is 58.7 cm³/mol. The van der Waals surface area contributed by atoms with Crippen LogP contribution in [0.3, 0.4) is 0 Å². The van der Waals surface area contributed by atoms with Crippen molar-refractivity contribution in [3.63, 3.8) is 0 Å². The molecule has 0 spiro atoms. The number of fused-ring (bicyclic) bond motifs is 2. The van der Waals surface area contributed by atoms with Crippen LogP contribution in [-0.4, -0.2) is 18.3 Å². The minimum Gasteiger partial charge on any atom is -0.447 e. The van der Waals surface area contributed by atoms with Gasteiger partial charge < -0.3 is 9.47 Å². The van der Waals surface area contributed by atoms with Crippen LogP contribution in [0, 0.1) is 56.2 Å². The van der Waals surface area contributed by atoms with Gasteiger partial charge in [0.2, 0.25) is 11.7 Å². The van der Waals surface area contributed by atoms with E-state index < -0.39 is 22.5 Å². The molecule has 6 heteroatoms. The summed E-state index contributed by atoms with van der Waals surface area (Å²) in [5.41, 5.74) is -3.24. The van der Waals surface area contributed by atoms with Crippen molar-refractivity contribution in [2.75, 3.05) is 6.61 Å². The van der Waals surface area contributed by atoms with E-state index in [9.17, 15) is 15.8 Å². The van der Waals surface area contributed by atoms with Crippen molar-refractivity contribution in [1.29, 1.82) is 21.2 Å². The maximum Gasteiger partial charge on any atom is 0.216 e. The lowest BCUT2D eigenvalue weighted by molar-refractivity contribution is -0.244. The van der Waals surface area contributed by atoms with E-state index in [-0.39, 0.29) is 12.5 Å². The fourth-order valence-corrected chi connectivity index (χ4v) is 2.92. The molecule has 0 unspecified atom stereocenters. The molecule has 2 aliphatic rings. The van der Waals surface area contributed by atoms with E-state index >= 15 is 0 Å². The van der Waals surface area contributed by atoms with Gasteiger partial charge in [0.15, 0.2) is 10.8 Å². The second kappa shape index (κ2) is 3.45. The van der Waals surface area contributed by atoms with Crippen LogP contribution in [-0.2, 0) is 9.47 Å². The highest BCUT2D eigenvalue weighted by Gasteiger charge is 2.75. The minimum absolute atomic E-state index is 0.214. The van der Waals surface area contributed by atoms with Crippen LogP contribution in [0.4, 0.5) is 0 Å². The number of hydrogen-bond acceptors (Lipinski definition) is 6. The Morgan fingerprint density at radius 3 is 2.39 bits per heavy atom. The highest BCUT2D eigenvalue weighted by molar-refractivity contribution is 5.88. The fourth-order valence-electron chi connectivity index (χ4n) is 2.92. The van der Waals surface area contributed by atoms with Crippen molar-refractivity contribution in [1.82, 2.24) is 0 Å². The molecular formula is C12H12N4O2. The molecule has 1 N–H and O–H groups in total. The molecule has 2 bridgehead atoms. The Morgan fingerprint density at radius 1 is 1.33 bits per heavy atom. The molecule has 6 nitrogen and oxygen atoms in total. The van der Waals surface area contributed by atoms with Gasteiger partial charge >= 0.3 is 0 Å². The molecule has 92 valence electrons. The third kappa shape index (κ3) is 0.967. The normalized spacial score (nSPS) is 40.2. The number of ether oxygens (including phenoxy) is 2. The maximum absolute atomic E-state index is 9.49. The predicted octanol–water partition coefficient (Wildman–Crippen LogP) is 1.31. The van der Waals surface area contributed by atoms with Crippen molar-refractivity contribution in [3.05, 3.63) is 0 Å². The summed E-state index contributed by atoms with van der Waals surface area (Å²) in [6.45, 7) is 3.30. The molecule has 0 aromatic rings. The van der Waals surface area contributed by atoms with E-state index in [1.54, 1.807) is 6.92 Å². The zero-order chi connectivity index (χ0) is 13.6. The molecular weight excluding hydrogens is 232 g/mol. The van der Waals surface area contributed by atoms with E-state index in [0.29, 0.717) is 6.42 Å². The van der Waals surface area contributed by atoms with Gasteiger partial charge in [0.25, 0.3) is 0 Å². The first kappa shape index (κ1) is 12.4. The molecule has 3 atom stereocenters. The number of nitrogens with zero attached hydrogens (tertiary/aromatic N) is 3. The van der Waals surface area contributed by atoms with Gasteiger partial charge in [0.1, 0.15) is 0 Å². The van der Waals surface area contributed by atoms with Gasteiger partial charge in [-0.3, -0.25) is 5.41 Å². The molecule has 2 aliphatic heterocycles. The molecule has 0 saturated carbocycles. The zero-order valence-electron chi connectivity index (χ0n) is 10.1. The molecule has 2 saturated heterocycles. The molecule has 0 aromatic carbocycles.